The van der Waals surface area contributed by atoms with E-state index < -0.39 is 17.6 Å². The Morgan fingerprint density at radius 2 is 1.74 bits per heavy atom. The third-order valence-corrected chi connectivity index (χ3v) is 8.17. The summed E-state index contributed by atoms with van der Waals surface area (Å²) in [7, 11) is 1.99. The zero-order valence-corrected chi connectivity index (χ0v) is 25.0. The molecule has 0 spiro atoms. The van der Waals surface area contributed by atoms with Gasteiger partial charge in [0, 0.05) is 66.5 Å². The number of piperazine rings is 1. The number of anilines is 2. The number of likely N-dealkylation sites (N-methyl/N-ethyl adjacent to an activating group) is 1. The Kier molecular flexibility index (Phi) is 8.86. The number of pyridine rings is 1. The highest BCUT2D eigenvalue weighted by molar-refractivity contribution is 6.42. The summed E-state index contributed by atoms with van der Waals surface area (Å²) in [5.74, 6) is 5.74. The van der Waals surface area contributed by atoms with E-state index in [4.69, 9.17) is 28.9 Å². The second-order valence-electron chi connectivity index (χ2n) is 10.6. The molecule has 1 amide bonds. The van der Waals surface area contributed by atoms with Crippen LogP contribution in [0.4, 0.5) is 24.7 Å². The summed E-state index contributed by atoms with van der Waals surface area (Å²) in [6, 6.07) is 12.2. The molecule has 222 valence electrons. The molecule has 0 unspecified atom stereocenters. The second kappa shape index (κ2) is 12.4. The van der Waals surface area contributed by atoms with Crippen LogP contribution >= 0.6 is 23.2 Å². The first-order valence-electron chi connectivity index (χ1n) is 13.5. The summed E-state index contributed by atoms with van der Waals surface area (Å²) >= 11 is 12.4. The van der Waals surface area contributed by atoms with Crippen molar-refractivity contribution in [1.82, 2.24) is 14.8 Å². The Bertz CT molecular complexity index is 1770. The minimum absolute atomic E-state index is 0.0535. The van der Waals surface area contributed by atoms with Crippen molar-refractivity contribution in [2.75, 3.05) is 44.3 Å². The standard InChI is InChI=1S/C32H28Cl2F3N5O/c1-19-3-4-21(13-20(19)6-8-25-26-16-29(34)28(33)14-23(26)17-39-30(25)38)31(43)40-24-7-5-22(27(15-24)32(35,36)37)18-42-11-9-41(2)10-12-42/h3-5,7,13-17H,9-12,18H2,1-2H3,(H2,38,39)(H,40,43). The number of fused-ring (bicyclic) bond motifs is 1. The van der Waals surface area contributed by atoms with Crippen LogP contribution in [0.2, 0.25) is 10.0 Å². The molecule has 0 atom stereocenters. The summed E-state index contributed by atoms with van der Waals surface area (Å²) in [5, 5.41) is 4.72. The van der Waals surface area contributed by atoms with Gasteiger partial charge in [0.05, 0.1) is 21.2 Å². The van der Waals surface area contributed by atoms with Crippen molar-refractivity contribution < 1.29 is 18.0 Å². The lowest BCUT2D eigenvalue weighted by molar-refractivity contribution is -0.138. The summed E-state index contributed by atoms with van der Waals surface area (Å²) in [4.78, 5) is 21.5. The molecule has 0 radical (unpaired) electrons. The lowest BCUT2D eigenvalue weighted by atomic mass is 10.0. The van der Waals surface area contributed by atoms with Gasteiger partial charge in [-0.2, -0.15) is 13.2 Å². The quantitative estimate of drug-likeness (QED) is 0.243. The Morgan fingerprint density at radius 1 is 1.02 bits per heavy atom. The van der Waals surface area contributed by atoms with Crippen LogP contribution in [0.5, 0.6) is 0 Å². The Morgan fingerprint density at radius 3 is 2.47 bits per heavy atom. The number of aromatic nitrogens is 1. The molecule has 1 fully saturated rings. The highest BCUT2D eigenvalue weighted by Gasteiger charge is 2.34. The molecule has 0 saturated carbocycles. The molecule has 6 nitrogen and oxygen atoms in total. The minimum Gasteiger partial charge on any atom is -0.383 e. The van der Waals surface area contributed by atoms with Crippen LogP contribution in [0.25, 0.3) is 10.8 Å². The molecule has 4 aromatic rings. The van der Waals surface area contributed by atoms with E-state index in [0.29, 0.717) is 45.0 Å². The van der Waals surface area contributed by atoms with Gasteiger partial charge in [-0.3, -0.25) is 9.69 Å². The van der Waals surface area contributed by atoms with Crippen molar-refractivity contribution in [1.29, 1.82) is 0 Å². The van der Waals surface area contributed by atoms with Gasteiger partial charge in [-0.15, -0.1) is 0 Å². The van der Waals surface area contributed by atoms with E-state index in [0.717, 1.165) is 24.7 Å². The number of hydrogen-bond donors (Lipinski definition) is 2. The number of aryl methyl sites for hydroxylation is 1. The van der Waals surface area contributed by atoms with E-state index in [1.807, 2.05) is 18.9 Å². The number of hydrogen-bond acceptors (Lipinski definition) is 5. The second-order valence-corrected chi connectivity index (χ2v) is 11.4. The fourth-order valence-electron chi connectivity index (χ4n) is 4.89. The van der Waals surface area contributed by atoms with E-state index in [2.05, 4.69) is 27.0 Å². The van der Waals surface area contributed by atoms with E-state index in [1.54, 1.807) is 36.5 Å². The third-order valence-electron chi connectivity index (χ3n) is 7.45. The van der Waals surface area contributed by atoms with Gasteiger partial charge in [0.25, 0.3) is 5.91 Å². The number of carbonyl (C=O) groups is 1. The van der Waals surface area contributed by atoms with Crippen LogP contribution in [-0.2, 0) is 12.7 Å². The fourth-order valence-corrected chi connectivity index (χ4v) is 5.23. The molecule has 3 N–H and O–H groups in total. The molecule has 1 aliphatic heterocycles. The van der Waals surface area contributed by atoms with Gasteiger partial charge < -0.3 is 16.0 Å². The molecule has 43 heavy (non-hydrogen) atoms. The Balaban J connectivity index is 1.39. The minimum atomic E-state index is -4.57. The summed E-state index contributed by atoms with van der Waals surface area (Å²) in [5.41, 5.74) is 7.62. The zero-order valence-electron chi connectivity index (χ0n) is 23.4. The predicted molar refractivity (Wildman–Crippen MR) is 166 cm³/mol. The van der Waals surface area contributed by atoms with Crippen LogP contribution in [0.1, 0.15) is 38.2 Å². The first kappa shape index (κ1) is 30.6. The molecule has 1 aromatic heterocycles. The summed E-state index contributed by atoms with van der Waals surface area (Å²) in [6.07, 6.45) is -2.99. The zero-order chi connectivity index (χ0) is 30.9. The van der Waals surface area contributed by atoms with Crippen molar-refractivity contribution in [3.05, 3.63) is 98.2 Å². The number of nitrogens with two attached hydrogens (primary N) is 1. The number of halogens is 5. The molecule has 1 aliphatic rings. The maximum absolute atomic E-state index is 14.0. The van der Waals surface area contributed by atoms with Gasteiger partial charge in [0.15, 0.2) is 0 Å². The van der Waals surface area contributed by atoms with Crippen LogP contribution < -0.4 is 11.1 Å². The fraction of sp³-hybridized carbons (Fsp3) is 0.250. The highest BCUT2D eigenvalue weighted by Crippen LogP contribution is 2.35. The number of amides is 1. The maximum Gasteiger partial charge on any atom is 0.416 e. The molecule has 2 heterocycles. The van der Waals surface area contributed by atoms with Crippen LogP contribution in [-0.4, -0.2) is 53.9 Å². The number of nitrogens with zero attached hydrogens (tertiary/aromatic N) is 3. The van der Waals surface area contributed by atoms with Crippen LogP contribution in [0.15, 0.2) is 54.7 Å². The van der Waals surface area contributed by atoms with E-state index in [-0.39, 0.29) is 29.2 Å². The number of nitrogen functional groups attached to an aromatic ring is 1. The predicted octanol–water partition coefficient (Wildman–Crippen LogP) is 6.85. The highest BCUT2D eigenvalue weighted by atomic mass is 35.5. The Labute approximate surface area is 257 Å². The van der Waals surface area contributed by atoms with Crippen LogP contribution in [0, 0.1) is 18.8 Å². The van der Waals surface area contributed by atoms with Crippen LogP contribution in [0.3, 0.4) is 0 Å². The Hall–Kier alpha value is -3.81. The van der Waals surface area contributed by atoms with E-state index in [1.165, 1.54) is 12.1 Å². The molecule has 0 aliphatic carbocycles. The van der Waals surface area contributed by atoms with Gasteiger partial charge in [-0.05, 0) is 61.5 Å². The summed E-state index contributed by atoms with van der Waals surface area (Å²) in [6.45, 7) is 5.00. The van der Waals surface area contributed by atoms with Gasteiger partial charge in [-0.1, -0.05) is 47.2 Å². The normalized spacial score (nSPS) is 14.4. The topological polar surface area (TPSA) is 74.5 Å². The molecular formula is C32H28Cl2F3N5O. The van der Waals surface area contributed by atoms with Gasteiger partial charge in [0.2, 0.25) is 0 Å². The summed E-state index contributed by atoms with van der Waals surface area (Å²) < 4.78 is 42.0. The lowest BCUT2D eigenvalue weighted by Gasteiger charge is -2.33. The molecule has 5 rings (SSSR count). The largest absolute Gasteiger partial charge is 0.416 e. The van der Waals surface area contributed by atoms with E-state index >= 15 is 0 Å². The monoisotopic (exact) mass is 625 g/mol. The number of carbonyl (C=O) groups excluding carboxylic acids is 1. The van der Waals surface area contributed by atoms with Crippen molar-refractivity contribution in [3.63, 3.8) is 0 Å². The van der Waals surface area contributed by atoms with Gasteiger partial charge in [-0.25, -0.2) is 4.98 Å². The molecule has 0 bridgehead atoms. The molecular weight excluding hydrogens is 598 g/mol. The first-order valence-corrected chi connectivity index (χ1v) is 14.2. The van der Waals surface area contributed by atoms with Crippen molar-refractivity contribution in [2.24, 2.45) is 0 Å². The number of rotatable bonds is 4. The number of alkyl halides is 3. The molecule has 11 heteroatoms. The van der Waals surface area contributed by atoms with Crippen molar-refractivity contribution >= 4 is 51.4 Å². The maximum atomic E-state index is 14.0. The average molecular weight is 627 g/mol. The SMILES string of the molecule is Cc1ccc(C(=O)Nc2ccc(CN3CCN(C)CC3)c(C(F)(F)F)c2)cc1C#Cc1c(N)ncc2cc(Cl)c(Cl)cc12. The lowest BCUT2D eigenvalue weighted by Crippen LogP contribution is -2.44. The van der Waals surface area contributed by atoms with Gasteiger partial charge >= 0.3 is 6.18 Å². The average Bonchev–Trinajstić information content (AvgIpc) is 2.95. The third kappa shape index (κ3) is 7.06. The number of nitrogens with one attached hydrogen (secondary N) is 1. The van der Waals surface area contributed by atoms with E-state index in [9.17, 15) is 18.0 Å². The first-order chi connectivity index (χ1) is 20.4. The van der Waals surface area contributed by atoms with Gasteiger partial charge in [0.1, 0.15) is 5.82 Å². The van der Waals surface area contributed by atoms with Crippen molar-refractivity contribution in [2.45, 2.75) is 19.6 Å². The van der Waals surface area contributed by atoms with Crippen molar-refractivity contribution in [3.8, 4) is 11.8 Å². The molecule has 1 saturated heterocycles. The smallest absolute Gasteiger partial charge is 0.383 e. The molecule has 3 aromatic carbocycles. The number of benzene rings is 3.